The number of rotatable bonds is 6. The molecular weight excluding hydrogens is 266 g/mol. The van der Waals surface area contributed by atoms with E-state index in [1.807, 2.05) is 25.1 Å². The quantitative estimate of drug-likeness (QED) is 0.788. The summed E-state index contributed by atoms with van der Waals surface area (Å²) < 4.78 is 5.63. The van der Waals surface area contributed by atoms with Crippen LogP contribution in [-0.2, 0) is 9.53 Å². The van der Waals surface area contributed by atoms with E-state index in [0.717, 1.165) is 39.1 Å². The first-order valence-electron chi connectivity index (χ1n) is 7.67. The number of ether oxygens (including phenoxy) is 1. The monoisotopic (exact) mass is 291 g/mol. The van der Waals surface area contributed by atoms with Gasteiger partial charge in [0.05, 0.1) is 17.5 Å². The Hall–Kier alpha value is -1.59. The number of amides is 1. The highest BCUT2D eigenvalue weighted by atomic mass is 16.5. The average molecular weight is 291 g/mol. The van der Waals surface area contributed by atoms with Crippen LogP contribution in [-0.4, -0.2) is 43.2 Å². The summed E-state index contributed by atoms with van der Waals surface area (Å²) in [5, 5.41) is 2.86. The molecule has 0 unspecified atom stereocenters. The largest absolute Gasteiger partial charge is 0.397 e. The molecule has 0 spiro atoms. The molecule has 2 rings (SSSR count). The Balaban J connectivity index is 1.69. The highest BCUT2D eigenvalue weighted by Gasteiger charge is 2.19. The van der Waals surface area contributed by atoms with E-state index in [4.69, 9.17) is 10.5 Å². The van der Waals surface area contributed by atoms with Gasteiger partial charge in [0.15, 0.2) is 0 Å². The molecule has 0 bridgehead atoms. The maximum absolute atomic E-state index is 12.0. The molecule has 0 saturated carbocycles. The number of likely N-dealkylation sites (tertiary alicyclic amines) is 1. The zero-order valence-electron chi connectivity index (χ0n) is 12.7. The zero-order chi connectivity index (χ0) is 15.1. The molecule has 5 heteroatoms. The van der Waals surface area contributed by atoms with Gasteiger partial charge in [0.1, 0.15) is 0 Å². The van der Waals surface area contributed by atoms with Crippen LogP contribution in [0.3, 0.4) is 0 Å². The van der Waals surface area contributed by atoms with E-state index in [1.54, 1.807) is 6.07 Å². The topological polar surface area (TPSA) is 67.6 Å². The lowest BCUT2D eigenvalue weighted by Gasteiger charge is -2.31. The van der Waals surface area contributed by atoms with Gasteiger partial charge >= 0.3 is 0 Å². The summed E-state index contributed by atoms with van der Waals surface area (Å²) in [6, 6.07) is 7.33. The summed E-state index contributed by atoms with van der Waals surface area (Å²) in [6.07, 6.45) is 3.00. The highest BCUT2D eigenvalue weighted by molar-refractivity contribution is 5.93. The number of piperidine rings is 1. The molecule has 1 aromatic carbocycles. The minimum absolute atomic E-state index is 0.0137. The minimum atomic E-state index is 0.0137. The van der Waals surface area contributed by atoms with Crippen molar-refractivity contribution < 1.29 is 9.53 Å². The molecular formula is C16H25N3O2. The van der Waals surface area contributed by atoms with Gasteiger partial charge < -0.3 is 20.7 Å². The smallest absolute Gasteiger partial charge is 0.225 e. The lowest BCUT2D eigenvalue weighted by molar-refractivity contribution is -0.116. The van der Waals surface area contributed by atoms with Gasteiger partial charge in [0.25, 0.3) is 0 Å². The third-order valence-electron chi connectivity index (χ3n) is 3.83. The molecule has 1 saturated heterocycles. The van der Waals surface area contributed by atoms with Crippen LogP contribution < -0.4 is 11.1 Å². The molecule has 0 atom stereocenters. The summed E-state index contributed by atoms with van der Waals surface area (Å²) in [4.78, 5) is 14.3. The molecule has 1 fully saturated rings. The molecule has 1 aromatic rings. The standard InChI is InChI=1S/C16H25N3O2/c1-2-21-13-7-10-19(11-8-13)12-9-16(20)18-15-6-4-3-5-14(15)17/h3-6,13H,2,7-12,17H2,1H3,(H,18,20). The van der Waals surface area contributed by atoms with Crippen LogP contribution in [0.1, 0.15) is 26.2 Å². The van der Waals surface area contributed by atoms with Crippen molar-refractivity contribution in [1.82, 2.24) is 4.90 Å². The second kappa shape index (κ2) is 8.00. The molecule has 0 radical (unpaired) electrons. The molecule has 1 amide bonds. The first kappa shape index (κ1) is 15.8. The van der Waals surface area contributed by atoms with E-state index < -0.39 is 0 Å². The van der Waals surface area contributed by atoms with Gasteiger partial charge in [-0.25, -0.2) is 0 Å². The number of nitrogens with zero attached hydrogens (tertiary/aromatic N) is 1. The fourth-order valence-corrected chi connectivity index (χ4v) is 2.62. The molecule has 1 aliphatic rings. The second-order valence-electron chi connectivity index (χ2n) is 5.38. The maximum atomic E-state index is 12.0. The number of para-hydroxylation sites is 2. The van der Waals surface area contributed by atoms with E-state index in [1.165, 1.54) is 0 Å². The fourth-order valence-electron chi connectivity index (χ4n) is 2.62. The minimum Gasteiger partial charge on any atom is -0.397 e. The molecule has 3 N–H and O–H groups in total. The van der Waals surface area contributed by atoms with Gasteiger partial charge in [-0.15, -0.1) is 0 Å². The predicted octanol–water partition coefficient (Wildman–Crippen LogP) is 2.10. The van der Waals surface area contributed by atoms with Crippen molar-refractivity contribution in [3.05, 3.63) is 24.3 Å². The van der Waals surface area contributed by atoms with E-state index in [2.05, 4.69) is 10.2 Å². The number of nitrogens with one attached hydrogen (secondary N) is 1. The second-order valence-corrected chi connectivity index (χ2v) is 5.38. The van der Waals surface area contributed by atoms with Crippen molar-refractivity contribution in [2.45, 2.75) is 32.3 Å². The van der Waals surface area contributed by atoms with Gasteiger partial charge in [-0.2, -0.15) is 0 Å². The van der Waals surface area contributed by atoms with E-state index in [0.29, 0.717) is 23.9 Å². The van der Waals surface area contributed by atoms with Crippen LogP contribution in [0.5, 0.6) is 0 Å². The number of benzene rings is 1. The summed E-state index contributed by atoms with van der Waals surface area (Å²) in [6.45, 7) is 5.62. The van der Waals surface area contributed by atoms with Crippen LogP contribution in [0.15, 0.2) is 24.3 Å². The van der Waals surface area contributed by atoms with E-state index in [9.17, 15) is 4.79 Å². The van der Waals surface area contributed by atoms with Crippen molar-refractivity contribution in [1.29, 1.82) is 0 Å². The van der Waals surface area contributed by atoms with Gasteiger partial charge in [0, 0.05) is 32.7 Å². The molecule has 116 valence electrons. The lowest BCUT2D eigenvalue weighted by Crippen LogP contribution is -2.38. The Kier molecular flexibility index (Phi) is 6.02. The third-order valence-corrected chi connectivity index (χ3v) is 3.83. The summed E-state index contributed by atoms with van der Waals surface area (Å²) in [5.74, 6) is 0.0137. The van der Waals surface area contributed by atoms with Gasteiger partial charge in [0.2, 0.25) is 5.91 Å². The lowest BCUT2D eigenvalue weighted by atomic mass is 10.1. The first-order chi connectivity index (χ1) is 10.2. The Bertz CT molecular complexity index is 457. The Morgan fingerprint density at radius 1 is 1.38 bits per heavy atom. The number of hydrogen-bond acceptors (Lipinski definition) is 4. The predicted molar refractivity (Wildman–Crippen MR) is 85.2 cm³/mol. The highest BCUT2D eigenvalue weighted by Crippen LogP contribution is 2.17. The van der Waals surface area contributed by atoms with Crippen LogP contribution in [0.4, 0.5) is 11.4 Å². The molecule has 1 heterocycles. The summed E-state index contributed by atoms with van der Waals surface area (Å²) in [5.41, 5.74) is 7.11. The van der Waals surface area contributed by atoms with Crippen molar-refractivity contribution in [3.8, 4) is 0 Å². The Morgan fingerprint density at radius 3 is 2.76 bits per heavy atom. The van der Waals surface area contributed by atoms with Crippen molar-refractivity contribution in [2.75, 3.05) is 37.3 Å². The van der Waals surface area contributed by atoms with Crippen LogP contribution in [0, 0.1) is 0 Å². The SMILES string of the molecule is CCOC1CCN(CCC(=O)Nc2ccccc2N)CC1. The Morgan fingerprint density at radius 2 is 2.10 bits per heavy atom. The average Bonchev–Trinajstić information content (AvgIpc) is 2.49. The van der Waals surface area contributed by atoms with Crippen molar-refractivity contribution >= 4 is 17.3 Å². The third kappa shape index (κ3) is 5.02. The molecule has 21 heavy (non-hydrogen) atoms. The van der Waals surface area contributed by atoms with Crippen molar-refractivity contribution in [3.63, 3.8) is 0 Å². The maximum Gasteiger partial charge on any atom is 0.225 e. The molecule has 0 aliphatic carbocycles. The summed E-state index contributed by atoms with van der Waals surface area (Å²) >= 11 is 0. The van der Waals surface area contributed by atoms with Gasteiger partial charge in [-0.3, -0.25) is 4.79 Å². The number of nitrogen functional groups attached to an aromatic ring is 1. The van der Waals surface area contributed by atoms with E-state index >= 15 is 0 Å². The molecule has 5 nitrogen and oxygen atoms in total. The Labute approximate surface area is 126 Å². The van der Waals surface area contributed by atoms with E-state index in [-0.39, 0.29) is 5.91 Å². The normalized spacial score (nSPS) is 16.8. The molecule has 0 aromatic heterocycles. The number of anilines is 2. The fraction of sp³-hybridized carbons (Fsp3) is 0.562. The zero-order valence-corrected chi connectivity index (χ0v) is 12.7. The molecule has 1 aliphatic heterocycles. The number of carbonyl (C=O) groups excluding carboxylic acids is 1. The van der Waals surface area contributed by atoms with Gasteiger partial charge in [-0.05, 0) is 31.9 Å². The first-order valence-corrected chi connectivity index (χ1v) is 7.67. The summed E-state index contributed by atoms with van der Waals surface area (Å²) in [7, 11) is 0. The van der Waals surface area contributed by atoms with Crippen LogP contribution in [0.25, 0.3) is 0 Å². The van der Waals surface area contributed by atoms with Crippen LogP contribution >= 0.6 is 0 Å². The number of nitrogens with two attached hydrogens (primary N) is 1. The van der Waals surface area contributed by atoms with Crippen LogP contribution in [0.2, 0.25) is 0 Å². The van der Waals surface area contributed by atoms with Crippen molar-refractivity contribution in [2.24, 2.45) is 0 Å². The van der Waals surface area contributed by atoms with Gasteiger partial charge in [-0.1, -0.05) is 12.1 Å². The number of hydrogen-bond donors (Lipinski definition) is 2. The number of carbonyl (C=O) groups is 1.